The quantitative estimate of drug-likeness (QED) is 0.836. The number of carbonyl (C=O) groups is 1. The van der Waals surface area contributed by atoms with Gasteiger partial charge in [0.25, 0.3) is 0 Å². The summed E-state index contributed by atoms with van der Waals surface area (Å²) in [5, 5.41) is 0. The first kappa shape index (κ1) is 19.0. The Morgan fingerprint density at radius 2 is 1.52 bits per heavy atom. The number of para-hydroxylation sites is 1. The van der Waals surface area contributed by atoms with E-state index in [0.717, 1.165) is 17.1 Å². The van der Waals surface area contributed by atoms with Crippen LogP contribution in [0.2, 0.25) is 0 Å². The lowest BCUT2D eigenvalue weighted by Crippen LogP contribution is -2.37. The SMILES string of the molecule is COC(=O)C(C)(C)[C@@H](N)c1ccc(Oc2ccccc2)cc1.Cl. The number of carbonyl (C=O) groups excluding carboxylic acids is 1. The maximum absolute atomic E-state index is 11.8. The third kappa shape index (κ3) is 4.47. The summed E-state index contributed by atoms with van der Waals surface area (Å²) in [5.41, 5.74) is 6.27. The maximum Gasteiger partial charge on any atom is 0.313 e. The van der Waals surface area contributed by atoms with E-state index >= 15 is 0 Å². The van der Waals surface area contributed by atoms with E-state index < -0.39 is 11.5 Å². The average Bonchev–Trinajstić information content (AvgIpc) is 2.55. The minimum Gasteiger partial charge on any atom is -0.469 e. The van der Waals surface area contributed by atoms with E-state index in [0.29, 0.717) is 0 Å². The topological polar surface area (TPSA) is 61.5 Å². The lowest BCUT2D eigenvalue weighted by molar-refractivity contribution is -0.152. The molecule has 0 aliphatic rings. The van der Waals surface area contributed by atoms with Gasteiger partial charge in [-0.1, -0.05) is 30.3 Å². The second-order valence-corrected chi connectivity index (χ2v) is 5.68. The molecule has 0 amide bonds. The molecule has 0 radical (unpaired) electrons. The van der Waals surface area contributed by atoms with Crippen LogP contribution in [0.5, 0.6) is 11.5 Å². The van der Waals surface area contributed by atoms with Gasteiger partial charge in [0.15, 0.2) is 0 Å². The summed E-state index contributed by atoms with van der Waals surface area (Å²) < 4.78 is 10.6. The number of halogens is 1. The molecule has 0 unspecified atom stereocenters. The van der Waals surface area contributed by atoms with Crippen molar-refractivity contribution in [3.8, 4) is 11.5 Å². The highest BCUT2D eigenvalue weighted by Gasteiger charge is 2.36. The predicted octanol–water partition coefficient (Wildman–Crippen LogP) is 4.10. The zero-order chi connectivity index (χ0) is 16.2. The highest BCUT2D eigenvalue weighted by molar-refractivity contribution is 5.85. The minimum atomic E-state index is -0.795. The number of hydrogen-bond donors (Lipinski definition) is 1. The van der Waals surface area contributed by atoms with Crippen molar-refractivity contribution < 1.29 is 14.3 Å². The zero-order valence-corrected chi connectivity index (χ0v) is 14.3. The largest absolute Gasteiger partial charge is 0.469 e. The van der Waals surface area contributed by atoms with Gasteiger partial charge in [0.2, 0.25) is 0 Å². The van der Waals surface area contributed by atoms with E-state index in [9.17, 15) is 4.79 Å². The van der Waals surface area contributed by atoms with Crippen molar-refractivity contribution in [2.45, 2.75) is 19.9 Å². The Morgan fingerprint density at radius 1 is 1.00 bits per heavy atom. The van der Waals surface area contributed by atoms with Crippen molar-refractivity contribution in [2.75, 3.05) is 7.11 Å². The average molecular weight is 336 g/mol. The van der Waals surface area contributed by atoms with Crippen molar-refractivity contribution in [1.29, 1.82) is 0 Å². The molecule has 0 saturated heterocycles. The van der Waals surface area contributed by atoms with Crippen LogP contribution in [-0.4, -0.2) is 13.1 Å². The van der Waals surface area contributed by atoms with Crippen molar-refractivity contribution in [3.05, 3.63) is 60.2 Å². The molecule has 2 rings (SSSR count). The molecule has 0 aliphatic heterocycles. The first-order chi connectivity index (χ1) is 10.4. The van der Waals surface area contributed by atoms with Crippen molar-refractivity contribution in [2.24, 2.45) is 11.1 Å². The Labute approximate surface area is 143 Å². The van der Waals surface area contributed by atoms with Gasteiger partial charge in [-0.15, -0.1) is 12.4 Å². The summed E-state index contributed by atoms with van der Waals surface area (Å²) in [4.78, 5) is 11.8. The van der Waals surface area contributed by atoms with Gasteiger partial charge >= 0.3 is 5.97 Å². The molecule has 0 saturated carbocycles. The minimum absolute atomic E-state index is 0. The highest BCUT2D eigenvalue weighted by Crippen LogP contribution is 2.33. The monoisotopic (exact) mass is 335 g/mol. The summed E-state index contributed by atoms with van der Waals surface area (Å²) >= 11 is 0. The maximum atomic E-state index is 11.8. The van der Waals surface area contributed by atoms with Crippen LogP contribution in [-0.2, 0) is 9.53 Å². The Balaban J connectivity index is 0.00000264. The van der Waals surface area contributed by atoms with E-state index in [-0.39, 0.29) is 18.4 Å². The third-order valence-corrected chi connectivity index (χ3v) is 3.71. The molecule has 5 heteroatoms. The van der Waals surface area contributed by atoms with Crippen LogP contribution >= 0.6 is 12.4 Å². The van der Waals surface area contributed by atoms with Crippen molar-refractivity contribution in [3.63, 3.8) is 0 Å². The van der Waals surface area contributed by atoms with E-state index in [1.165, 1.54) is 7.11 Å². The summed E-state index contributed by atoms with van der Waals surface area (Å²) in [7, 11) is 1.37. The standard InChI is InChI=1S/C18H21NO3.ClH/c1-18(2,17(20)21-3)16(19)13-9-11-15(12-10-13)22-14-7-5-4-6-8-14;/h4-12,16H,19H2,1-3H3;1H/t16-;/m0./s1. The number of hydrogen-bond acceptors (Lipinski definition) is 4. The van der Waals surface area contributed by atoms with Crippen LogP contribution in [0.4, 0.5) is 0 Å². The van der Waals surface area contributed by atoms with Crippen LogP contribution in [0.1, 0.15) is 25.5 Å². The Morgan fingerprint density at radius 3 is 2.04 bits per heavy atom. The van der Waals surface area contributed by atoms with Gasteiger partial charge in [0.05, 0.1) is 12.5 Å². The lowest BCUT2D eigenvalue weighted by Gasteiger charge is -2.29. The number of esters is 1. The Hall–Kier alpha value is -2.04. The second-order valence-electron chi connectivity index (χ2n) is 5.68. The normalized spacial score (nSPS) is 12.0. The fraction of sp³-hybridized carbons (Fsp3) is 0.278. The van der Waals surface area contributed by atoms with Gasteiger partial charge in [-0.05, 0) is 43.7 Å². The van der Waals surface area contributed by atoms with Crippen molar-refractivity contribution >= 4 is 18.4 Å². The molecule has 23 heavy (non-hydrogen) atoms. The van der Waals surface area contributed by atoms with Gasteiger partial charge in [0, 0.05) is 6.04 Å². The molecule has 2 aromatic rings. The highest BCUT2D eigenvalue weighted by atomic mass is 35.5. The molecule has 0 bridgehead atoms. The number of rotatable bonds is 5. The molecule has 0 fully saturated rings. The summed E-state index contributed by atoms with van der Waals surface area (Å²) in [6, 6.07) is 16.5. The molecular weight excluding hydrogens is 314 g/mol. The molecule has 2 N–H and O–H groups in total. The van der Waals surface area contributed by atoms with Crippen LogP contribution in [0.15, 0.2) is 54.6 Å². The van der Waals surface area contributed by atoms with E-state index in [1.54, 1.807) is 13.8 Å². The molecule has 1 atom stereocenters. The molecule has 124 valence electrons. The fourth-order valence-electron chi connectivity index (χ4n) is 2.17. The number of benzene rings is 2. The van der Waals surface area contributed by atoms with E-state index in [1.807, 2.05) is 54.6 Å². The molecule has 0 heterocycles. The molecule has 2 aromatic carbocycles. The van der Waals surface area contributed by atoms with E-state index in [2.05, 4.69) is 0 Å². The third-order valence-electron chi connectivity index (χ3n) is 3.71. The number of methoxy groups -OCH3 is 1. The Kier molecular flexibility index (Phi) is 6.61. The van der Waals surface area contributed by atoms with Crippen LogP contribution < -0.4 is 10.5 Å². The molecule has 4 nitrogen and oxygen atoms in total. The first-order valence-corrected chi connectivity index (χ1v) is 7.12. The summed E-state index contributed by atoms with van der Waals surface area (Å²) in [5.74, 6) is 1.16. The zero-order valence-electron chi connectivity index (χ0n) is 13.5. The summed E-state index contributed by atoms with van der Waals surface area (Å²) in [6.45, 7) is 3.55. The predicted molar refractivity (Wildman–Crippen MR) is 92.9 cm³/mol. The van der Waals surface area contributed by atoms with Gasteiger partial charge in [-0.3, -0.25) is 4.79 Å². The van der Waals surface area contributed by atoms with Gasteiger partial charge in [-0.25, -0.2) is 0 Å². The molecular formula is C18H22ClNO3. The van der Waals surface area contributed by atoms with Gasteiger partial charge in [0.1, 0.15) is 11.5 Å². The summed E-state index contributed by atoms with van der Waals surface area (Å²) in [6.07, 6.45) is 0. The number of ether oxygens (including phenoxy) is 2. The molecule has 0 aliphatic carbocycles. The molecule has 0 spiro atoms. The fourth-order valence-corrected chi connectivity index (χ4v) is 2.17. The number of nitrogens with two attached hydrogens (primary N) is 1. The van der Waals surface area contributed by atoms with Crippen LogP contribution in [0.25, 0.3) is 0 Å². The van der Waals surface area contributed by atoms with Crippen LogP contribution in [0, 0.1) is 5.41 Å². The Bertz CT molecular complexity index is 626. The van der Waals surface area contributed by atoms with Crippen molar-refractivity contribution in [1.82, 2.24) is 0 Å². The first-order valence-electron chi connectivity index (χ1n) is 7.12. The lowest BCUT2D eigenvalue weighted by atomic mass is 9.81. The van der Waals surface area contributed by atoms with Crippen LogP contribution in [0.3, 0.4) is 0 Å². The van der Waals surface area contributed by atoms with Gasteiger partial charge < -0.3 is 15.2 Å². The smallest absolute Gasteiger partial charge is 0.313 e. The second kappa shape index (κ2) is 7.99. The van der Waals surface area contributed by atoms with Gasteiger partial charge in [-0.2, -0.15) is 0 Å². The van der Waals surface area contributed by atoms with E-state index in [4.69, 9.17) is 15.2 Å². The molecule has 0 aromatic heterocycles.